The number of aliphatic hydroxyl groups excluding tert-OH is 1. The molecular formula is C34H48F5NO3SSi-. The molecule has 0 saturated carbocycles. The van der Waals surface area contributed by atoms with E-state index in [9.17, 15) is 24.5 Å². The highest BCUT2D eigenvalue weighted by Gasteiger charge is 2.65. The lowest BCUT2D eigenvalue weighted by molar-refractivity contribution is 0.0828. The molecule has 1 aliphatic heterocycles. The summed E-state index contributed by atoms with van der Waals surface area (Å²) in [6, 6.07) is 2.73. The van der Waals surface area contributed by atoms with Crippen LogP contribution in [0.15, 0.2) is 35.2 Å². The molecule has 253 valence electrons. The van der Waals surface area contributed by atoms with Crippen LogP contribution >= 0.6 is 10.2 Å². The average Bonchev–Trinajstić information content (AvgIpc) is 3.44. The van der Waals surface area contributed by atoms with Crippen LogP contribution in [0, 0.1) is 5.41 Å². The van der Waals surface area contributed by atoms with E-state index in [-0.39, 0.29) is 28.0 Å². The lowest BCUT2D eigenvalue weighted by Crippen LogP contribution is -2.44. The standard InChI is InChI=1S/C34H48F5NO3SSi/c1-33(2,3)45(6,7)43-27-21-34(4,5)20-26-29(27)28(22-10-8-9-11-22)30(31(40-26)23-16-18-42-19-17-23)32(41)24-12-14-25(15-13-24)44(35,36,37,38)39/h10,12-15,23,27,32,41H,8-9,11,16-21H2,1-7H3/q-1/t27-,32+/m0/s1. The van der Waals surface area contributed by atoms with Gasteiger partial charge in [-0.25, -0.2) is 0 Å². The molecule has 0 spiro atoms. The summed E-state index contributed by atoms with van der Waals surface area (Å²) in [6.07, 6.45) is 6.05. The molecule has 11 heteroatoms. The molecule has 1 fully saturated rings. The molecule has 1 aromatic heterocycles. The van der Waals surface area contributed by atoms with Gasteiger partial charge >= 0.3 is 10.2 Å². The Kier molecular flexibility index (Phi) is 8.34. The molecule has 1 N–H and O–H groups in total. The fourth-order valence-corrected chi connectivity index (χ4v) is 8.72. The number of aliphatic hydroxyl groups is 1. The predicted molar refractivity (Wildman–Crippen MR) is 174 cm³/mol. The van der Waals surface area contributed by atoms with Gasteiger partial charge in [0.1, 0.15) is 11.0 Å². The third-order valence-electron chi connectivity index (χ3n) is 10.2. The number of halogens is 5. The third kappa shape index (κ3) is 7.22. The number of ether oxygens (including phenoxy) is 1. The first-order chi connectivity index (χ1) is 20.5. The zero-order valence-electron chi connectivity index (χ0n) is 27.5. The van der Waals surface area contributed by atoms with E-state index in [0.717, 1.165) is 72.3 Å². The van der Waals surface area contributed by atoms with Gasteiger partial charge in [0, 0.05) is 42.1 Å². The number of hydrogen-bond acceptors (Lipinski definition) is 4. The maximum Gasteiger partial charge on any atom is 0.310 e. The second-order valence-electron chi connectivity index (χ2n) is 15.5. The maximum absolute atomic E-state index is 13.6. The number of allylic oxidation sites excluding steroid dienone is 2. The number of aromatic nitrogens is 1. The fraction of sp³-hybridized carbons (Fsp3) is 0.618. The Morgan fingerprint density at radius 1 is 1.04 bits per heavy atom. The zero-order chi connectivity index (χ0) is 33.3. The minimum atomic E-state index is -9.87. The fourth-order valence-electron chi connectivity index (χ4n) is 6.80. The van der Waals surface area contributed by atoms with Crippen LogP contribution in [0.25, 0.3) is 5.57 Å². The maximum atomic E-state index is 13.6. The SMILES string of the molecule is CC1(C)Cc2nc(C3CCOCC3)c([C@H](O)c3ccc(S(F)(F)(F)(F)F)cc3)c(C3=CCCC3)c2[C@@H](O[Si-](C)(C)C(C)(C)C)C1. The zero-order valence-corrected chi connectivity index (χ0v) is 29.3. The molecule has 5 rings (SSSR count). The first-order valence-corrected chi connectivity index (χ1v) is 20.9. The Hall–Kier alpha value is -1.79. The van der Waals surface area contributed by atoms with E-state index in [1.807, 2.05) is 0 Å². The smallest absolute Gasteiger partial charge is 0.310 e. The largest absolute Gasteiger partial charge is 0.559 e. The van der Waals surface area contributed by atoms with Crippen LogP contribution in [0.1, 0.15) is 125 Å². The summed E-state index contributed by atoms with van der Waals surface area (Å²) in [7, 11) is -12.2. The molecule has 0 unspecified atom stereocenters. The van der Waals surface area contributed by atoms with Gasteiger partial charge in [0.2, 0.25) is 0 Å². The van der Waals surface area contributed by atoms with E-state index >= 15 is 0 Å². The van der Waals surface area contributed by atoms with Crippen molar-refractivity contribution in [3.8, 4) is 0 Å². The van der Waals surface area contributed by atoms with Crippen molar-refractivity contribution in [3.63, 3.8) is 0 Å². The molecule has 0 bridgehead atoms. The van der Waals surface area contributed by atoms with E-state index < -0.39 is 29.5 Å². The number of benzene rings is 1. The molecule has 0 radical (unpaired) electrons. The van der Waals surface area contributed by atoms with Gasteiger partial charge < -0.3 is 14.3 Å². The highest BCUT2D eigenvalue weighted by atomic mass is 32.5. The third-order valence-corrected chi connectivity index (χ3v) is 15.9. The molecule has 1 aromatic carbocycles. The Balaban J connectivity index is 1.77. The summed E-state index contributed by atoms with van der Waals surface area (Å²) in [5, 5.41) is 12.1. The van der Waals surface area contributed by atoms with Gasteiger partial charge in [-0.2, -0.15) is 0 Å². The molecular weight excluding hydrogens is 626 g/mol. The minimum Gasteiger partial charge on any atom is -0.559 e. The monoisotopic (exact) mass is 673 g/mol. The molecule has 45 heavy (non-hydrogen) atoms. The minimum absolute atomic E-state index is 0.0248. The van der Waals surface area contributed by atoms with Crippen LogP contribution in [0.3, 0.4) is 0 Å². The van der Waals surface area contributed by atoms with E-state index in [1.54, 1.807) is 0 Å². The second-order valence-corrected chi connectivity index (χ2v) is 22.7. The van der Waals surface area contributed by atoms with E-state index in [1.165, 1.54) is 0 Å². The molecule has 0 amide bonds. The Morgan fingerprint density at radius 3 is 2.20 bits per heavy atom. The first kappa shape index (κ1) is 34.5. The van der Waals surface area contributed by atoms with Gasteiger partial charge in [-0.05, 0) is 87.5 Å². The summed E-state index contributed by atoms with van der Waals surface area (Å²) in [5.74, 6) is -0.0248. The van der Waals surface area contributed by atoms with E-state index in [4.69, 9.17) is 14.1 Å². The van der Waals surface area contributed by atoms with E-state index in [2.05, 4.69) is 53.8 Å². The summed E-state index contributed by atoms with van der Waals surface area (Å²) < 4.78 is 80.8. The first-order valence-electron chi connectivity index (χ1n) is 16.0. The van der Waals surface area contributed by atoms with Crippen molar-refractivity contribution in [2.75, 3.05) is 13.2 Å². The van der Waals surface area contributed by atoms with E-state index in [0.29, 0.717) is 43.8 Å². The number of pyridine rings is 1. The average molecular weight is 674 g/mol. The second kappa shape index (κ2) is 10.9. The number of fused-ring (bicyclic) bond motifs is 1. The molecule has 4 nitrogen and oxygen atoms in total. The van der Waals surface area contributed by atoms with Crippen LogP contribution in [0.4, 0.5) is 19.4 Å². The Morgan fingerprint density at radius 2 is 1.67 bits per heavy atom. The lowest BCUT2D eigenvalue weighted by atomic mass is 9.71. The molecule has 3 aliphatic rings. The van der Waals surface area contributed by atoms with Crippen molar-refractivity contribution in [3.05, 3.63) is 64.0 Å². The van der Waals surface area contributed by atoms with Gasteiger partial charge in [0.05, 0.1) is 5.69 Å². The highest BCUT2D eigenvalue weighted by molar-refractivity contribution is 8.45. The summed E-state index contributed by atoms with van der Waals surface area (Å²) >= 11 is 0. The summed E-state index contributed by atoms with van der Waals surface area (Å²) in [4.78, 5) is 3.36. The van der Waals surface area contributed by atoms with Gasteiger partial charge in [-0.15, -0.1) is 18.1 Å². The van der Waals surface area contributed by atoms with Gasteiger partial charge in [-0.3, -0.25) is 4.98 Å². The van der Waals surface area contributed by atoms with Crippen molar-refractivity contribution < 1.29 is 33.7 Å². The van der Waals surface area contributed by atoms with Crippen LogP contribution in [-0.4, -0.2) is 31.6 Å². The molecule has 2 heterocycles. The highest BCUT2D eigenvalue weighted by Crippen LogP contribution is 3.02. The summed E-state index contributed by atoms with van der Waals surface area (Å²) in [6.45, 7) is 16.6. The van der Waals surface area contributed by atoms with Gasteiger partial charge in [-0.1, -0.05) is 72.3 Å². The van der Waals surface area contributed by atoms with Crippen LogP contribution in [0.5, 0.6) is 0 Å². The Bertz CT molecular complexity index is 1480. The molecule has 2 atom stereocenters. The quantitative estimate of drug-likeness (QED) is 0.235. The van der Waals surface area contributed by atoms with Crippen LogP contribution in [0.2, 0.25) is 18.1 Å². The Labute approximate surface area is 265 Å². The number of hydrogen-bond donors (Lipinski definition) is 1. The number of rotatable bonds is 7. The van der Waals surface area contributed by atoms with Crippen molar-refractivity contribution in [2.45, 2.75) is 121 Å². The van der Waals surface area contributed by atoms with Crippen molar-refractivity contribution >= 4 is 24.1 Å². The van der Waals surface area contributed by atoms with Crippen LogP contribution < -0.4 is 0 Å². The van der Waals surface area contributed by atoms with Gasteiger partial charge in [0.25, 0.3) is 0 Å². The molecule has 1 saturated heterocycles. The topological polar surface area (TPSA) is 51.6 Å². The predicted octanol–water partition coefficient (Wildman–Crippen LogP) is 11.3. The molecule has 2 aliphatic carbocycles. The van der Waals surface area contributed by atoms with Crippen molar-refractivity contribution in [2.24, 2.45) is 5.41 Å². The van der Waals surface area contributed by atoms with Gasteiger partial charge in [0.15, 0.2) is 0 Å². The summed E-state index contributed by atoms with van der Waals surface area (Å²) in [5.41, 5.74) is 5.22. The molecule has 2 aromatic rings. The van der Waals surface area contributed by atoms with Crippen LogP contribution in [-0.2, 0) is 15.6 Å². The number of nitrogens with zero attached hydrogens (tertiary/aromatic N) is 1. The normalized spacial score (nSPS) is 23.6. The van der Waals surface area contributed by atoms with Crippen molar-refractivity contribution in [1.82, 2.24) is 4.98 Å². The lowest BCUT2D eigenvalue weighted by Gasteiger charge is -2.53. The van der Waals surface area contributed by atoms with Crippen molar-refractivity contribution in [1.29, 1.82) is 0 Å².